The summed E-state index contributed by atoms with van der Waals surface area (Å²) in [7, 11) is 1.40. The van der Waals surface area contributed by atoms with Crippen LogP contribution in [0, 0.1) is 0 Å². The predicted octanol–water partition coefficient (Wildman–Crippen LogP) is 2.53. The Morgan fingerprint density at radius 3 is 2.71 bits per heavy atom. The molecule has 3 heterocycles. The smallest absolute Gasteiger partial charge is 0.423 e. The quantitative estimate of drug-likeness (QED) is 0.774. The Balaban J connectivity index is 1.80. The van der Waals surface area contributed by atoms with Crippen molar-refractivity contribution in [3.8, 4) is 0 Å². The Kier molecular flexibility index (Phi) is 4.03. The first-order valence-corrected chi connectivity index (χ1v) is 7.74. The van der Waals surface area contributed by atoms with Crippen molar-refractivity contribution in [3.05, 3.63) is 28.4 Å². The van der Waals surface area contributed by atoms with E-state index in [1.165, 1.54) is 13.1 Å². The minimum Gasteiger partial charge on any atom is -0.423 e. The zero-order chi connectivity index (χ0) is 17.5. The van der Waals surface area contributed by atoms with Crippen LogP contribution in [0.2, 0.25) is 0 Å². The van der Waals surface area contributed by atoms with E-state index in [2.05, 4.69) is 20.6 Å². The van der Waals surface area contributed by atoms with E-state index in [0.29, 0.717) is 12.3 Å². The van der Waals surface area contributed by atoms with Crippen molar-refractivity contribution in [2.75, 3.05) is 0 Å². The number of nitrogens with one attached hydrogen (secondary N) is 1. The summed E-state index contributed by atoms with van der Waals surface area (Å²) in [5.41, 5.74) is -1.00. The Morgan fingerprint density at radius 2 is 2.08 bits per heavy atom. The lowest BCUT2D eigenvalue weighted by molar-refractivity contribution is -0.140. The molecular weight excluding hydrogens is 347 g/mol. The van der Waals surface area contributed by atoms with Gasteiger partial charge in [0.25, 0.3) is 5.91 Å². The molecule has 3 rings (SSSR count). The molecule has 0 saturated heterocycles. The molecule has 0 fully saturated rings. The maximum Gasteiger partial charge on any atom is 0.435 e. The molecule has 11 heteroatoms. The van der Waals surface area contributed by atoms with Gasteiger partial charge in [-0.05, 0) is 6.07 Å². The van der Waals surface area contributed by atoms with Crippen molar-refractivity contribution in [1.29, 1.82) is 0 Å². The van der Waals surface area contributed by atoms with Crippen LogP contribution in [0.1, 0.15) is 34.1 Å². The molecule has 7 nitrogen and oxygen atoms in total. The second-order valence-corrected chi connectivity index (χ2v) is 5.96. The highest BCUT2D eigenvalue weighted by Gasteiger charge is 2.37. The molecule has 0 aliphatic rings. The van der Waals surface area contributed by atoms with Gasteiger partial charge in [-0.25, -0.2) is 0 Å². The summed E-state index contributed by atoms with van der Waals surface area (Å²) in [6.07, 6.45) is -4.00. The summed E-state index contributed by atoms with van der Waals surface area (Å²) < 4.78 is 45.2. The standard InChI is InChI=1S/C13H12F3N5O2S/c1-3-8-18-19-9(23-8)5-17-11(22)7-4-6-10(13(14,15)16)20-21(2)12(6)24-7/h4H,3,5H2,1-2H3,(H,17,22). The van der Waals surface area contributed by atoms with Gasteiger partial charge in [-0.3, -0.25) is 9.48 Å². The van der Waals surface area contributed by atoms with Gasteiger partial charge in [0.05, 0.1) is 11.4 Å². The first kappa shape index (κ1) is 16.4. The molecule has 1 amide bonds. The topological polar surface area (TPSA) is 85.8 Å². The molecule has 0 spiro atoms. The Bertz CT molecular complexity index is 895. The molecule has 1 N–H and O–H groups in total. The summed E-state index contributed by atoms with van der Waals surface area (Å²) in [5.74, 6) is 0.168. The maximum absolute atomic E-state index is 12.9. The van der Waals surface area contributed by atoms with Crippen LogP contribution in [0.5, 0.6) is 0 Å². The molecule has 0 radical (unpaired) electrons. The largest absolute Gasteiger partial charge is 0.435 e. The third-order valence-electron chi connectivity index (χ3n) is 3.22. The predicted molar refractivity (Wildman–Crippen MR) is 78.4 cm³/mol. The summed E-state index contributed by atoms with van der Waals surface area (Å²) in [6.45, 7) is 1.85. The van der Waals surface area contributed by atoms with Gasteiger partial charge in [0.15, 0.2) is 5.69 Å². The van der Waals surface area contributed by atoms with E-state index in [0.717, 1.165) is 16.0 Å². The SMILES string of the molecule is CCc1nnc(CNC(=O)c2cc3c(C(F)(F)F)nn(C)c3s2)o1. The van der Waals surface area contributed by atoms with Crippen molar-refractivity contribution >= 4 is 27.5 Å². The zero-order valence-electron chi connectivity index (χ0n) is 12.6. The van der Waals surface area contributed by atoms with Crippen molar-refractivity contribution in [1.82, 2.24) is 25.3 Å². The van der Waals surface area contributed by atoms with Crippen molar-refractivity contribution in [3.63, 3.8) is 0 Å². The monoisotopic (exact) mass is 359 g/mol. The summed E-state index contributed by atoms with van der Waals surface area (Å²) in [5, 5.41) is 13.4. The van der Waals surface area contributed by atoms with Crippen LogP contribution in [0.25, 0.3) is 10.2 Å². The van der Waals surface area contributed by atoms with E-state index in [-0.39, 0.29) is 27.5 Å². The number of carbonyl (C=O) groups is 1. The van der Waals surface area contributed by atoms with E-state index >= 15 is 0 Å². The molecule has 0 bridgehead atoms. The number of thiophene rings is 1. The highest BCUT2D eigenvalue weighted by Crippen LogP contribution is 2.37. The van der Waals surface area contributed by atoms with Crippen molar-refractivity contribution < 1.29 is 22.4 Å². The van der Waals surface area contributed by atoms with E-state index in [1.54, 1.807) is 0 Å². The number of rotatable bonds is 4. The van der Waals surface area contributed by atoms with Gasteiger partial charge in [0.2, 0.25) is 11.8 Å². The lowest BCUT2D eigenvalue weighted by Gasteiger charge is -2.01. The second-order valence-electron chi connectivity index (χ2n) is 4.93. The minimum atomic E-state index is -4.57. The van der Waals surface area contributed by atoms with Crippen LogP contribution in [0.3, 0.4) is 0 Å². The highest BCUT2D eigenvalue weighted by molar-refractivity contribution is 7.20. The van der Waals surface area contributed by atoms with Gasteiger partial charge in [-0.15, -0.1) is 21.5 Å². The number of nitrogens with zero attached hydrogens (tertiary/aromatic N) is 4. The number of aryl methyl sites for hydroxylation is 2. The zero-order valence-corrected chi connectivity index (χ0v) is 13.5. The third-order valence-corrected chi connectivity index (χ3v) is 4.42. The Labute approximate surface area is 137 Å². The molecule has 0 atom stereocenters. The number of amides is 1. The average Bonchev–Trinajstić information content (AvgIpc) is 3.20. The number of alkyl halides is 3. The number of halogens is 3. The van der Waals surface area contributed by atoms with Crippen molar-refractivity contribution in [2.45, 2.75) is 26.1 Å². The van der Waals surface area contributed by atoms with Crippen molar-refractivity contribution in [2.24, 2.45) is 7.05 Å². The number of carbonyl (C=O) groups excluding carboxylic acids is 1. The average molecular weight is 359 g/mol. The Morgan fingerprint density at radius 1 is 1.38 bits per heavy atom. The maximum atomic E-state index is 12.9. The number of hydrogen-bond donors (Lipinski definition) is 1. The van der Waals surface area contributed by atoms with Gasteiger partial charge in [0, 0.05) is 18.9 Å². The molecular formula is C13H12F3N5O2S. The molecule has 0 aliphatic carbocycles. The lowest BCUT2D eigenvalue weighted by atomic mass is 10.3. The van der Waals surface area contributed by atoms with E-state index in [4.69, 9.17) is 4.42 Å². The lowest BCUT2D eigenvalue weighted by Crippen LogP contribution is -2.22. The Hall–Kier alpha value is -2.43. The molecule has 0 aromatic carbocycles. The van der Waals surface area contributed by atoms with E-state index in [1.807, 2.05) is 6.92 Å². The fourth-order valence-electron chi connectivity index (χ4n) is 2.11. The molecule has 3 aromatic heterocycles. The summed E-state index contributed by atoms with van der Waals surface area (Å²) in [4.78, 5) is 12.6. The van der Waals surface area contributed by atoms with Gasteiger partial charge >= 0.3 is 6.18 Å². The first-order chi connectivity index (χ1) is 11.3. The van der Waals surface area contributed by atoms with Crippen LogP contribution in [0.4, 0.5) is 13.2 Å². The molecule has 0 unspecified atom stereocenters. The molecule has 128 valence electrons. The van der Waals surface area contributed by atoms with Crippen LogP contribution < -0.4 is 5.32 Å². The van der Waals surface area contributed by atoms with E-state index in [9.17, 15) is 18.0 Å². The van der Waals surface area contributed by atoms with E-state index < -0.39 is 17.8 Å². The summed E-state index contributed by atoms with van der Waals surface area (Å²) >= 11 is 0.936. The molecule has 3 aromatic rings. The van der Waals surface area contributed by atoms with Gasteiger partial charge in [0.1, 0.15) is 4.83 Å². The van der Waals surface area contributed by atoms with Gasteiger partial charge in [-0.2, -0.15) is 18.3 Å². The third kappa shape index (κ3) is 2.98. The van der Waals surface area contributed by atoms with Crippen LogP contribution in [-0.2, 0) is 26.2 Å². The highest BCUT2D eigenvalue weighted by atomic mass is 32.1. The number of fused-ring (bicyclic) bond motifs is 1. The van der Waals surface area contributed by atoms with Gasteiger partial charge in [-0.1, -0.05) is 6.92 Å². The van der Waals surface area contributed by atoms with Crippen LogP contribution >= 0.6 is 11.3 Å². The number of hydrogen-bond acceptors (Lipinski definition) is 6. The molecule has 0 saturated carbocycles. The fraction of sp³-hybridized carbons (Fsp3) is 0.385. The van der Waals surface area contributed by atoms with Crippen LogP contribution in [-0.4, -0.2) is 25.9 Å². The van der Waals surface area contributed by atoms with Gasteiger partial charge < -0.3 is 9.73 Å². The fourth-order valence-corrected chi connectivity index (χ4v) is 3.10. The normalized spacial score (nSPS) is 12.0. The van der Waals surface area contributed by atoms with Crippen LogP contribution in [0.15, 0.2) is 10.5 Å². The molecule has 0 aliphatic heterocycles. The first-order valence-electron chi connectivity index (χ1n) is 6.92. The second kappa shape index (κ2) is 5.89. The number of aromatic nitrogens is 4. The molecule has 24 heavy (non-hydrogen) atoms. The minimum absolute atomic E-state index is 0.00442. The summed E-state index contributed by atoms with van der Waals surface area (Å²) in [6, 6.07) is 1.19.